The van der Waals surface area contributed by atoms with Gasteiger partial charge in [-0.1, -0.05) is 6.92 Å². The number of carbonyl (C=O) groups excluding carboxylic acids is 1. The first-order chi connectivity index (χ1) is 9.11. The molecule has 1 aromatic heterocycles. The van der Waals surface area contributed by atoms with Gasteiger partial charge < -0.3 is 10.2 Å². The van der Waals surface area contributed by atoms with Crippen LogP contribution in [0.15, 0.2) is 16.9 Å². The van der Waals surface area contributed by atoms with Crippen molar-refractivity contribution in [2.75, 3.05) is 26.7 Å². The van der Waals surface area contributed by atoms with Crippen molar-refractivity contribution in [2.45, 2.75) is 25.8 Å². The Kier molecular flexibility index (Phi) is 6.99. The number of rotatable bonds is 4. The number of carbonyl (C=O) groups is 1. The number of hydrogen-bond acceptors (Lipinski definition) is 3. The third kappa shape index (κ3) is 4.20. The highest BCUT2D eigenvalue weighted by atomic mass is 79.9. The Morgan fingerprint density at radius 2 is 2.20 bits per heavy atom. The van der Waals surface area contributed by atoms with Crippen molar-refractivity contribution in [1.82, 2.24) is 20.0 Å². The fourth-order valence-corrected chi connectivity index (χ4v) is 2.87. The average Bonchev–Trinajstić information content (AvgIpc) is 2.85. The fraction of sp³-hybridized carbons (Fsp3) is 0.692. The van der Waals surface area contributed by atoms with E-state index in [1.165, 1.54) is 0 Å². The predicted octanol–water partition coefficient (Wildman–Crippen LogP) is 2.09. The highest BCUT2D eigenvalue weighted by Gasteiger charge is 2.26. The van der Waals surface area contributed by atoms with Gasteiger partial charge in [-0.2, -0.15) is 5.10 Å². The minimum atomic E-state index is 0. The minimum Gasteiger partial charge on any atom is -0.342 e. The lowest BCUT2D eigenvalue weighted by Gasteiger charge is -2.33. The van der Waals surface area contributed by atoms with E-state index >= 15 is 0 Å². The molecule has 5 nitrogen and oxygen atoms in total. The molecule has 0 aliphatic carbocycles. The molecule has 1 aromatic rings. The van der Waals surface area contributed by atoms with E-state index in [-0.39, 0.29) is 24.2 Å². The summed E-state index contributed by atoms with van der Waals surface area (Å²) in [5, 5.41) is 7.39. The Balaban J connectivity index is 0.00000200. The quantitative estimate of drug-likeness (QED) is 0.889. The van der Waals surface area contributed by atoms with Gasteiger partial charge in [-0.05, 0) is 35.8 Å². The third-order valence-corrected chi connectivity index (χ3v) is 4.06. The van der Waals surface area contributed by atoms with E-state index in [4.69, 9.17) is 0 Å². The van der Waals surface area contributed by atoms with E-state index in [0.29, 0.717) is 6.04 Å². The van der Waals surface area contributed by atoms with Crippen LogP contribution in [-0.2, 0) is 4.79 Å². The summed E-state index contributed by atoms with van der Waals surface area (Å²) in [6.07, 6.45) is 5.77. The lowest BCUT2D eigenvalue weighted by molar-refractivity contribution is -0.136. The highest BCUT2D eigenvalue weighted by molar-refractivity contribution is 9.10. The van der Waals surface area contributed by atoms with Gasteiger partial charge in [-0.3, -0.25) is 9.48 Å². The van der Waals surface area contributed by atoms with E-state index in [1.807, 2.05) is 35.9 Å². The minimum absolute atomic E-state index is 0. The molecule has 1 amide bonds. The van der Waals surface area contributed by atoms with Crippen LogP contribution in [0.1, 0.15) is 25.8 Å². The van der Waals surface area contributed by atoms with E-state index < -0.39 is 0 Å². The molecule has 7 heteroatoms. The Morgan fingerprint density at radius 3 is 2.70 bits per heavy atom. The first-order valence-corrected chi connectivity index (χ1v) is 7.54. The van der Waals surface area contributed by atoms with Gasteiger partial charge in [0.15, 0.2) is 0 Å². The molecule has 2 heterocycles. The van der Waals surface area contributed by atoms with Crippen LogP contribution in [0.4, 0.5) is 0 Å². The van der Waals surface area contributed by atoms with Gasteiger partial charge >= 0.3 is 0 Å². The van der Waals surface area contributed by atoms with E-state index in [0.717, 1.165) is 36.9 Å². The number of amides is 1. The normalized spacial score (nSPS) is 17.6. The summed E-state index contributed by atoms with van der Waals surface area (Å²) in [5.41, 5.74) is 0. The van der Waals surface area contributed by atoms with Crippen molar-refractivity contribution < 1.29 is 4.79 Å². The zero-order chi connectivity index (χ0) is 13.8. The molecule has 1 unspecified atom stereocenters. The first-order valence-electron chi connectivity index (χ1n) is 6.75. The molecule has 2 rings (SSSR count). The maximum Gasteiger partial charge on any atom is 0.226 e. The molecule has 1 aliphatic rings. The molecular weight excluding hydrogens is 344 g/mol. The molecule has 1 fully saturated rings. The molecule has 20 heavy (non-hydrogen) atoms. The number of nitrogens with zero attached hydrogens (tertiary/aromatic N) is 3. The fourth-order valence-electron chi connectivity index (χ4n) is 2.57. The van der Waals surface area contributed by atoms with Gasteiger partial charge in [0.2, 0.25) is 5.91 Å². The van der Waals surface area contributed by atoms with Gasteiger partial charge in [0.25, 0.3) is 0 Å². The van der Waals surface area contributed by atoms with Gasteiger partial charge in [0.1, 0.15) is 0 Å². The monoisotopic (exact) mass is 364 g/mol. The number of likely N-dealkylation sites (tertiary alicyclic amines) is 1. The molecule has 0 aromatic carbocycles. The maximum absolute atomic E-state index is 12.2. The van der Waals surface area contributed by atoms with Gasteiger partial charge in [0, 0.05) is 31.7 Å². The third-order valence-electron chi connectivity index (χ3n) is 3.65. The summed E-state index contributed by atoms with van der Waals surface area (Å²) in [5.74, 6) is 0.315. The molecule has 0 radical (unpaired) electrons. The predicted molar refractivity (Wildman–Crippen MR) is 85.1 cm³/mol. The Morgan fingerprint density at radius 1 is 1.55 bits per heavy atom. The van der Waals surface area contributed by atoms with E-state index in [2.05, 4.69) is 26.3 Å². The van der Waals surface area contributed by atoms with Crippen molar-refractivity contribution in [2.24, 2.45) is 5.92 Å². The number of piperidine rings is 1. The van der Waals surface area contributed by atoms with Crippen LogP contribution in [0, 0.1) is 5.92 Å². The molecular formula is C13H22BrClN4O. The lowest BCUT2D eigenvalue weighted by Crippen LogP contribution is -2.43. The molecule has 114 valence electrons. The number of aromatic nitrogens is 2. The standard InChI is InChI=1S/C13H21BrN4O.ClH/c1-10(7-15-2)13(19)17-5-3-12(4-6-17)18-9-11(14)8-16-18;/h8-10,12,15H,3-7H2,1-2H3;1H. The van der Waals surface area contributed by atoms with Crippen LogP contribution >= 0.6 is 28.3 Å². The zero-order valence-electron chi connectivity index (χ0n) is 11.9. The molecule has 0 saturated carbocycles. The van der Waals surface area contributed by atoms with Gasteiger partial charge in [-0.25, -0.2) is 0 Å². The van der Waals surface area contributed by atoms with Crippen molar-refractivity contribution in [1.29, 1.82) is 0 Å². The topological polar surface area (TPSA) is 50.2 Å². The summed E-state index contributed by atoms with van der Waals surface area (Å²) < 4.78 is 3.01. The van der Waals surface area contributed by atoms with Gasteiger partial charge in [0.05, 0.1) is 16.7 Å². The highest BCUT2D eigenvalue weighted by Crippen LogP contribution is 2.24. The van der Waals surface area contributed by atoms with Crippen molar-refractivity contribution in [3.05, 3.63) is 16.9 Å². The second kappa shape index (κ2) is 8.00. The van der Waals surface area contributed by atoms with Crippen molar-refractivity contribution >= 4 is 34.2 Å². The molecule has 1 N–H and O–H groups in total. The summed E-state index contributed by atoms with van der Waals surface area (Å²) in [6.45, 7) is 4.38. The Bertz CT molecular complexity index is 432. The molecule has 1 saturated heterocycles. The zero-order valence-corrected chi connectivity index (χ0v) is 14.3. The van der Waals surface area contributed by atoms with Crippen molar-refractivity contribution in [3.8, 4) is 0 Å². The van der Waals surface area contributed by atoms with Crippen LogP contribution in [-0.4, -0.2) is 47.3 Å². The summed E-state index contributed by atoms with van der Waals surface area (Å²) in [7, 11) is 1.88. The van der Waals surface area contributed by atoms with Crippen LogP contribution in [0.3, 0.4) is 0 Å². The molecule has 0 bridgehead atoms. The number of halogens is 2. The second-order valence-electron chi connectivity index (χ2n) is 5.15. The molecule has 1 aliphatic heterocycles. The van der Waals surface area contributed by atoms with Crippen LogP contribution in [0.5, 0.6) is 0 Å². The van der Waals surface area contributed by atoms with Crippen LogP contribution in [0.2, 0.25) is 0 Å². The smallest absolute Gasteiger partial charge is 0.226 e. The number of nitrogens with one attached hydrogen (secondary N) is 1. The van der Waals surface area contributed by atoms with Crippen LogP contribution < -0.4 is 5.32 Å². The van der Waals surface area contributed by atoms with Crippen LogP contribution in [0.25, 0.3) is 0 Å². The van der Waals surface area contributed by atoms with E-state index in [9.17, 15) is 4.79 Å². The Hall–Kier alpha value is -0.590. The number of hydrogen-bond donors (Lipinski definition) is 1. The summed E-state index contributed by atoms with van der Waals surface area (Å²) in [6, 6.07) is 0.412. The second-order valence-corrected chi connectivity index (χ2v) is 6.07. The summed E-state index contributed by atoms with van der Waals surface area (Å²) in [4.78, 5) is 14.2. The maximum atomic E-state index is 12.2. The average molecular weight is 366 g/mol. The van der Waals surface area contributed by atoms with Crippen molar-refractivity contribution in [3.63, 3.8) is 0 Å². The molecule has 1 atom stereocenters. The van der Waals surface area contributed by atoms with E-state index in [1.54, 1.807) is 0 Å². The lowest BCUT2D eigenvalue weighted by atomic mass is 10.0. The first kappa shape index (κ1) is 17.5. The Labute approximate surface area is 134 Å². The summed E-state index contributed by atoms with van der Waals surface area (Å²) >= 11 is 3.42. The SMILES string of the molecule is CNCC(C)C(=O)N1CCC(n2cc(Br)cn2)CC1.Cl. The molecule has 0 spiro atoms. The van der Waals surface area contributed by atoms with Gasteiger partial charge in [-0.15, -0.1) is 12.4 Å². The largest absolute Gasteiger partial charge is 0.342 e.